The third-order valence-corrected chi connectivity index (χ3v) is 2.70. The summed E-state index contributed by atoms with van der Waals surface area (Å²) in [6.45, 7) is 5.66. The van der Waals surface area contributed by atoms with E-state index in [-0.39, 0.29) is 18.7 Å². The van der Waals surface area contributed by atoms with E-state index in [1.54, 1.807) is 20.8 Å². The lowest BCUT2D eigenvalue weighted by atomic mass is 10.1. The van der Waals surface area contributed by atoms with Gasteiger partial charge in [0.25, 0.3) is 5.92 Å². The molecule has 0 radical (unpaired) electrons. The Balaban J connectivity index is 2.65. The summed E-state index contributed by atoms with van der Waals surface area (Å²) in [5, 5.41) is 11.8. The number of carbonyl (C=O) groups is 1. The van der Waals surface area contributed by atoms with Crippen LogP contribution in [0.5, 0.6) is 0 Å². The minimum absolute atomic E-state index is 0.262. The zero-order chi connectivity index (χ0) is 17.0. The molecule has 1 unspecified atom stereocenters. The minimum atomic E-state index is -3.00. The molecule has 1 rings (SSSR count). The first kappa shape index (κ1) is 18.3. The van der Waals surface area contributed by atoms with Gasteiger partial charge in [-0.3, -0.25) is 4.98 Å². The van der Waals surface area contributed by atoms with Gasteiger partial charge in [0.05, 0.1) is 12.6 Å². The third kappa shape index (κ3) is 6.34. The van der Waals surface area contributed by atoms with Crippen LogP contribution >= 0.6 is 0 Å². The van der Waals surface area contributed by atoms with Crippen LogP contribution in [0, 0.1) is 0 Å². The first-order chi connectivity index (χ1) is 10.0. The van der Waals surface area contributed by atoms with Crippen LogP contribution in [-0.2, 0) is 17.1 Å². The number of aliphatic hydroxyl groups excluding tert-OH is 1. The van der Waals surface area contributed by atoms with Gasteiger partial charge >= 0.3 is 6.09 Å². The summed E-state index contributed by atoms with van der Waals surface area (Å²) >= 11 is 0. The molecule has 0 aliphatic carbocycles. The molecule has 124 valence electrons. The van der Waals surface area contributed by atoms with E-state index in [1.807, 2.05) is 0 Å². The summed E-state index contributed by atoms with van der Waals surface area (Å²) in [7, 11) is 0. The van der Waals surface area contributed by atoms with Gasteiger partial charge in [-0.2, -0.15) is 8.78 Å². The predicted molar refractivity (Wildman–Crippen MR) is 77.8 cm³/mol. The van der Waals surface area contributed by atoms with E-state index in [9.17, 15) is 18.7 Å². The van der Waals surface area contributed by atoms with Gasteiger partial charge in [0, 0.05) is 13.1 Å². The highest BCUT2D eigenvalue weighted by atomic mass is 19.3. The quantitative estimate of drug-likeness (QED) is 0.876. The molecular formula is C15H22F2N2O3. The standard InChI is InChI=1S/C15H22F2N2O3/c1-14(2,3)22-13(21)19-11(9-20)7-10-5-6-12(18-8-10)15(4,16)17/h5-6,8,11,20H,7,9H2,1-4H3,(H,19,21). The molecule has 0 saturated carbocycles. The van der Waals surface area contributed by atoms with Crippen molar-refractivity contribution in [1.29, 1.82) is 0 Å². The zero-order valence-corrected chi connectivity index (χ0v) is 13.2. The lowest BCUT2D eigenvalue weighted by molar-refractivity contribution is 0.0127. The lowest BCUT2D eigenvalue weighted by Gasteiger charge is -2.22. The van der Waals surface area contributed by atoms with Crippen LogP contribution in [-0.4, -0.2) is 34.4 Å². The molecule has 0 fully saturated rings. The number of nitrogens with one attached hydrogen (secondary N) is 1. The van der Waals surface area contributed by atoms with E-state index in [2.05, 4.69) is 10.3 Å². The highest BCUT2D eigenvalue weighted by Gasteiger charge is 2.26. The van der Waals surface area contributed by atoms with Gasteiger partial charge in [-0.05, 0) is 38.8 Å². The fraction of sp³-hybridized carbons (Fsp3) is 0.600. The summed E-state index contributed by atoms with van der Waals surface area (Å²) in [6.07, 6.45) is 0.932. The minimum Gasteiger partial charge on any atom is -0.444 e. The predicted octanol–water partition coefficient (Wildman–Crippen LogP) is 2.62. The van der Waals surface area contributed by atoms with E-state index in [0.717, 1.165) is 6.92 Å². The second-order valence-electron chi connectivity index (χ2n) is 6.17. The maximum absolute atomic E-state index is 13.1. The number of amides is 1. The van der Waals surface area contributed by atoms with Crippen molar-refractivity contribution in [2.45, 2.75) is 51.7 Å². The zero-order valence-electron chi connectivity index (χ0n) is 13.2. The Morgan fingerprint density at radius 1 is 1.36 bits per heavy atom. The number of rotatable bonds is 5. The Morgan fingerprint density at radius 2 is 2.00 bits per heavy atom. The first-order valence-corrected chi connectivity index (χ1v) is 6.95. The normalized spacial score (nSPS) is 13.6. The van der Waals surface area contributed by atoms with Gasteiger partial charge in [-0.25, -0.2) is 4.79 Å². The number of aliphatic hydroxyl groups is 1. The van der Waals surface area contributed by atoms with Crippen molar-refractivity contribution >= 4 is 6.09 Å². The Bertz CT molecular complexity index is 493. The molecule has 0 aliphatic heterocycles. The van der Waals surface area contributed by atoms with Gasteiger partial charge < -0.3 is 15.2 Å². The maximum Gasteiger partial charge on any atom is 0.407 e. The van der Waals surface area contributed by atoms with E-state index in [0.29, 0.717) is 5.56 Å². The van der Waals surface area contributed by atoms with Crippen molar-refractivity contribution in [2.75, 3.05) is 6.61 Å². The second-order valence-corrected chi connectivity index (χ2v) is 6.17. The van der Waals surface area contributed by atoms with E-state index in [4.69, 9.17) is 4.74 Å². The van der Waals surface area contributed by atoms with Crippen LogP contribution in [0.3, 0.4) is 0 Å². The molecule has 1 heterocycles. The van der Waals surface area contributed by atoms with E-state index in [1.165, 1.54) is 18.3 Å². The van der Waals surface area contributed by atoms with Gasteiger partial charge in [-0.15, -0.1) is 0 Å². The average Bonchev–Trinajstić information content (AvgIpc) is 2.35. The van der Waals surface area contributed by atoms with Crippen LogP contribution in [0.2, 0.25) is 0 Å². The number of ether oxygens (including phenoxy) is 1. The van der Waals surface area contributed by atoms with Crippen molar-refractivity contribution in [1.82, 2.24) is 10.3 Å². The molecule has 0 aliphatic rings. The van der Waals surface area contributed by atoms with Gasteiger partial charge in [-0.1, -0.05) is 6.07 Å². The number of carbonyl (C=O) groups excluding carboxylic acids is 1. The molecule has 7 heteroatoms. The molecule has 22 heavy (non-hydrogen) atoms. The molecule has 1 atom stereocenters. The summed E-state index contributed by atoms with van der Waals surface area (Å²) in [4.78, 5) is 15.3. The van der Waals surface area contributed by atoms with Gasteiger partial charge in [0.2, 0.25) is 0 Å². The van der Waals surface area contributed by atoms with E-state index < -0.39 is 23.7 Å². The molecule has 1 amide bonds. The summed E-state index contributed by atoms with van der Waals surface area (Å²) < 4.78 is 31.2. The Morgan fingerprint density at radius 3 is 2.41 bits per heavy atom. The fourth-order valence-electron chi connectivity index (χ4n) is 1.72. The molecule has 0 aromatic carbocycles. The molecule has 0 bridgehead atoms. The van der Waals surface area contributed by atoms with Crippen molar-refractivity contribution in [3.63, 3.8) is 0 Å². The summed E-state index contributed by atoms with van der Waals surface area (Å²) in [5.41, 5.74) is -0.333. The van der Waals surface area contributed by atoms with Crippen LogP contribution in [0.1, 0.15) is 39.0 Å². The Kier molecular flexibility index (Phi) is 5.82. The van der Waals surface area contributed by atoms with E-state index >= 15 is 0 Å². The van der Waals surface area contributed by atoms with Crippen molar-refractivity contribution < 1.29 is 23.4 Å². The fourth-order valence-corrected chi connectivity index (χ4v) is 1.72. The topological polar surface area (TPSA) is 71.5 Å². The number of aromatic nitrogens is 1. The Labute approximate surface area is 128 Å². The van der Waals surface area contributed by atoms with Crippen molar-refractivity contribution in [2.24, 2.45) is 0 Å². The monoisotopic (exact) mass is 316 g/mol. The molecule has 0 saturated heterocycles. The third-order valence-electron chi connectivity index (χ3n) is 2.70. The number of pyridine rings is 1. The molecule has 0 spiro atoms. The molecule has 2 N–H and O–H groups in total. The molecule has 1 aromatic heterocycles. The number of halogens is 2. The van der Waals surface area contributed by atoms with Crippen LogP contribution < -0.4 is 5.32 Å². The first-order valence-electron chi connectivity index (χ1n) is 6.95. The lowest BCUT2D eigenvalue weighted by Crippen LogP contribution is -2.42. The van der Waals surface area contributed by atoms with Crippen molar-refractivity contribution in [3.8, 4) is 0 Å². The summed E-state index contributed by atoms with van der Waals surface area (Å²) in [5.74, 6) is -3.00. The van der Waals surface area contributed by atoms with Crippen LogP contribution in [0.15, 0.2) is 18.3 Å². The van der Waals surface area contributed by atoms with Crippen molar-refractivity contribution in [3.05, 3.63) is 29.6 Å². The number of alkyl carbamates (subject to hydrolysis) is 1. The summed E-state index contributed by atoms with van der Waals surface area (Å²) in [6, 6.07) is 2.15. The highest BCUT2D eigenvalue weighted by Crippen LogP contribution is 2.24. The molecule has 1 aromatic rings. The van der Waals surface area contributed by atoms with Crippen LogP contribution in [0.4, 0.5) is 13.6 Å². The van der Waals surface area contributed by atoms with Gasteiger partial charge in [0.15, 0.2) is 0 Å². The largest absolute Gasteiger partial charge is 0.444 e. The highest BCUT2D eigenvalue weighted by molar-refractivity contribution is 5.68. The number of alkyl halides is 2. The Hall–Kier alpha value is -1.76. The number of nitrogens with zero attached hydrogens (tertiary/aromatic N) is 1. The SMILES string of the molecule is CC(C)(C)OC(=O)NC(CO)Cc1ccc(C(C)(F)F)nc1. The average molecular weight is 316 g/mol. The van der Waals surface area contributed by atoms with Crippen LogP contribution in [0.25, 0.3) is 0 Å². The van der Waals surface area contributed by atoms with Gasteiger partial charge in [0.1, 0.15) is 11.3 Å². The maximum atomic E-state index is 13.1. The number of hydrogen-bond acceptors (Lipinski definition) is 4. The molecule has 5 nitrogen and oxygen atoms in total. The smallest absolute Gasteiger partial charge is 0.407 e. The molecular weight excluding hydrogens is 294 g/mol. The second kappa shape index (κ2) is 7.00. The number of hydrogen-bond donors (Lipinski definition) is 2.